The fourth-order valence-corrected chi connectivity index (χ4v) is 3.79. The van der Waals surface area contributed by atoms with Crippen LogP contribution in [0.25, 0.3) is 11.3 Å². The smallest absolute Gasteiger partial charge is 0.266 e. The molecular weight excluding hydrogens is 416 g/mol. The van der Waals surface area contributed by atoms with E-state index in [1.807, 2.05) is 6.92 Å². The number of halogens is 2. The molecule has 0 aliphatic carbocycles. The Balaban J connectivity index is 1.72. The summed E-state index contributed by atoms with van der Waals surface area (Å²) in [4.78, 5) is 11.4. The van der Waals surface area contributed by atoms with E-state index in [9.17, 15) is 22.0 Å². The number of nitrogens with one attached hydrogen (secondary N) is 1. The first-order valence-electron chi connectivity index (χ1n) is 9.06. The number of rotatable bonds is 8. The highest BCUT2D eigenvalue weighted by Crippen LogP contribution is 2.20. The number of ether oxygens (including phenoxy) is 1. The number of sulfonamides is 1. The van der Waals surface area contributed by atoms with E-state index in [-0.39, 0.29) is 13.1 Å². The quantitative estimate of drug-likeness (QED) is 0.587. The van der Waals surface area contributed by atoms with Gasteiger partial charge in [0.05, 0.1) is 18.8 Å². The molecule has 0 atom stereocenters. The van der Waals surface area contributed by atoms with E-state index in [0.29, 0.717) is 24.1 Å². The Bertz CT molecular complexity index is 1200. The van der Waals surface area contributed by atoms with Gasteiger partial charge in [0.2, 0.25) is 10.0 Å². The summed E-state index contributed by atoms with van der Waals surface area (Å²) in [6, 6.07) is 12.2. The summed E-state index contributed by atoms with van der Waals surface area (Å²) < 4.78 is 59.8. The number of hydrogen-bond donors (Lipinski definition) is 1. The highest BCUT2D eigenvalue weighted by atomic mass is 32.2. The second-order valence-electron chi connectivity index (χ2n) is 6.21. The zero-order valence-electron chi connectivity index (χ0n) is 16.0. The van der Waals surface area contributed by atoms with Crippen molar-refractivity contribution in [3.05, 3.63) is 76.6 Å². The normalized spacial score (nSPS) is 11.4. The molecule has 3 aromatic rings. The van der Waals surface area contributed by atoms with Crippen LogP contribution in [-0.4, -0.2) is 31.3 Å². The summed E-state index contributed by atoms with van der Waals surface area (Å²) in [7, 11) is -4.21. The standard InChI is InChI=1S/C20H19F2N3O4S/c1-2-29-16-6-3-14(4-7-16)18-8-10-20(26)25(24-18)12-11-23-30(27,28)19-9-5-15(21)13-17(19)22/h3-10,13,23H,2,11-12H2,1H3. The Morgan fingerprint density at radius 1 is 1.07 bits per heavy atom. The van der Waals surface area contributed by atoms with Gasteiger partial charge in [0, 0.05) is 24.2 Å². The van der Waals surface area contributed by atoms with Crippen LogP contribution < -0.4 is 15.0 Å². The first-order chi connectivity index (χ1) is 14.3. The summed E-state index contributed by atoms with van der Waals surface area (Å²) in [5.41, 5.74) is 0.850. The first-order valence-corrected chi connectivity index (χ1v) is 10.5. The molecule has 3 rings (SSSR count). The average molecular weight is 435 g/mol. The predicted molar refractivity (Wildman–Crippen MR) is 107 cm³/mol. The molecule has 10 heteroatoms. The predicted octanol–water partition coefficient (Wildman–Crippen LogP) is 2.57. The molecule has 0 aliphatic rings. The van der Waals surface area contributed by atoms with Crippen molar-refractivity contribution in [1.29, 1.82) is 0 Å². The molecular formula is C20H19F2N3O4S. The molecule has 0 spiro atoms. The molecule has 0 aliphatic heterocycles. The van der Waals surface area contributed by atoms with Gasteiger partial charge in [-0.15, -0.1) is 0 Å². The minimum atomic E-state index is -4.21. The van der Waals surface area contributed by atoms with E-state index in [4.69, 9.17) is 4.74 Å². The minimum Gasteiger partial charge on any atom is -0.494 e. The molecule has 0 bridgehead atoms. The topological polar surface area (TPSA) is 90.3 Å². The van der Waals surface area contributed by atoms with Crippen LogP contribution in [0.15, 0.2) is 64.3 Å². The van der Waals surface area contributed by atoms with Gasteiger partial charge in [-0.25, -0.2) is 26.6 Å². The second kappa shape index (κ2) is 9.14. The molecule has 0 unspecified atom stereocenters. The van der Waals surface area contributed by atoms with Gasteiger partial charge < -0.3 is 4.74 Å². The third kappa shape index (κ3) is 5.08. The van der Waals surface area contributed by atoms with Crippen LogP contribution in [0, 0.1) is 11.6 Å². The Morgan fingerprint density at radius 3 is 2.47 bits per heavy atom. The summed E-state index contributed by atoms with van der Waals surface area (Å²) in [6.45, 7) is 2.13. The van der Waals surface area contributed by atoms with Crippen molar-refractivity contribution in [2.75, 3.05) is 13.2 Å². The van der Waals surface area contributed by atoms with Crippen LogP contribution >= 0.6 is 0 Å². The lowest BCUT2D eigenvalue weighted by Gasteiger charge is -2.10. The molecule has 7 nitrogen and oxygen atoms in total. The fourth-order valence-electron chi connectivity index (χ4n) is 2.71. The summed E-state index contributed by atoms with van der Waals surface area (Å²) >= 11 is 0. The lowest BCUT2D eigenvalue weighted by atomic mass is 10.1. The van der Waals surface area contributed by atoms with Crippen molar-refractivity contribution in [3.63, 3.8) is 0 Å². The number of hydrogen-bond acceptors (Lipinski definition) is 5. The fraction of sp³-hybridized carbons (Fsp3) is 0.200. The maximum absolute atomic E-state index is 13.7. The lowest BCUT2D eigenvalue weighted by Crippen LogP contribution is -2.32. The minimum absolute atomic E-state index is 0.0776. The molecule has 0 fully saturated rings. The van der Waals surface area contributed by atoms with E-state index < -0.39 is 32.1 Å². The van der Waals surface area contributed by atoms with Crippen LogP contribution in [-0.2, 0) is 16.6 Å². The third-order valence-electron chi connectivity index (χ3n) is 4.13. The van der Waals surface area contributed by atoms with Crippen LogP contribution in [0.3, 0.4) is 0 Å². The van der Waals surface area contributed by atoms with Crippen LogP contribution in [0.1, 0.15) is 6.92 Å². The van der Waals surface area contributed by atoms with Gasteiger partial charge in [-0.05, 0) is 49.4 Å². The molecule has 0 radical (unpaired) electrons. The molecule has 1 N–H and O–H groups in total. The summed E-state index contributed by atoms with van der Waals surface area (Å²) in [5.74, 6) is -1.37. The molecule has 0 saturated heterocycles. The average Bonchev–Trinajstić information content (AvgIpc) is 2.70. The van der Waals surface area contributed by atoms with Gasteiger partial charge in [0.1, 0.15) is 22.3 Å². The highest BCUT2D eigenvalue weighted by Gasteiger charge is 2.19. The van der Waals surface area contributed by atoms with Gasteiger partial charge in [-0.3, -0.25) is 4.79 Å². The monoisotopic (exact) mass is 435 g/mol. The maximum atomic E-state index is 13.7. The summed E-state index contributed by atoms with van der Waals surface area (Å²) in [6.07, 6.45) is 0. The van der Waals surface area contributed by atoms with Crippen LogP contribution in [0.5, 0.6) is 5.75 Å². The Labute approximate surface area is 172 Å². The van der Waals surface area contributed by atoms with Crippen molar-refractivity contribution in [1.82, 2.24) is 14.5 Å². The molecule has 30 heavy (non-hydrogen) atoms. The highest BCUT2D eigenvalue weighted by molar-refractivity contribution is 7.89. The van der Waals surface area contributed by atoms with E-state index in [1.165, 1.54) is 6.07 Å². The van der Waals surface area contributed by atoms with E-state index >= 15 is 0 Å². The van der Waals surface area contributed by atoms with Gasteiger partial charge in [0.15, 0.2) is 0 Å². The zero-order chi connectivity index (χ0) is 21.7. The lowest BCUT2D eigenvalue weighted by molar-refractivity contribution is 0.340. The third-order valence-corrected chi connectivity index (χ3v) is 5.62. The van der Waals surface area contributed by atoms with Gasteiger partial charge >= 0.3 is 0 Å². The molecule has 2 aromatic carbocycles. The van der Waals surface area contributed by atoms with Crippen molar-refractivity contribution in [2.45, 2.75) is 18.4 Å². The SMILES string of the molecule is CCOc1ccc(-c2ccc(=O)n(CCNS(=O)(=O)c3ccc(F)cc3F)n2)cc1. The number of benzene rings is 2. The Kier molecular flexibility index (Phi) is 6.58. The van der Waals surface area contributed by atoms with Gasteiger partial charge in [-0.1, -0.05) is 0 Å². The van der Waals surface area contributed by atoms with Crippen molar-refractivity contribution in [2.24, 2.45) is 0 Å². The van der Waals surface area contributed by atoms with Crippen molar-refractivity contribution >= 4 is 10.0 Å². The molecule has 0 saturated carbocycles. The molecule has 158 valence electrons. The largest absolute Gasteiger partial charge is 0.494 e. The van der Waals surface area contributed by atoms with Crippen LogP contribution in [0.2, 0.25) is 0 Å². The van der Waals surface area contributed by atoms with Crippen molar-refractivity contribution in [3.8, 4) is 17.0 Å². The Hall–Kier alpha value is -3.11. The van der Waals surface area contributed by atoms with E-state index in [1.54, 1.807) is 30.3 Å². The zero-order valence-corrected chi connectivity index (χ0v) is 16.8. The number of nitrogens with zero attached hydrogens (tertiary/aromatic N) is 2. The van der Waals surface area contributed by atoms with Crippen molar-refractivity contribution < 1.29 is 21.9 Å². The maximum Gasteiger partial charge on any atom is 0.266 e. The van der Waals surface area contributed by atoms with Crippen LogP contribution in [0.4, 0.5) is 8.78 Å². The molecule has 1 aromatic heterocycles. The molecule has 0 amide bonds. The molecule has 1 heterocycles. The van der Waals surface area contributed by atoms with E-state index in [2.05, 4.69) is 9.82 Å². The van der Waals surface area contributed by atoms with Gasteiger partial charge in [-0.2, -0.15) is 5.10 Å². The second-order valence-corrected chi connectivity index (χ2v) is 7.95. The first kappa shape index (κ1) is 21.6. The summed E-state index contributed by atoms with van der Waals surface area (Å²) in [5, 5.41) is 4.24. The number of aromatic nitrogens is 2. The van der Waals surface area contributed by atoms with E-state index in [0.717, 1.165) is 22.4 Å². The Morgan fingerprint density at radius 2 is 1.80 bits per heavy atom. The van der Waals surface area contributed by atoms with Gasteiger partial charge in [0.25, 0.3) is 5.56 Å².